The Hall–Kier alpha value is -1.84. The molecule has 4 heteroatoms. The van der Waals surface area contributed by atoms with Crippen molar-refractivity contribution in [2.24, 2.45) is 0 Å². The molecule has 0 atom stereocenters. The third-order valence-electron chi connectivity index (χ3n) is 3.44. The molecule has 1 amide bonds. The van der Waals surface area contributed by atoms with Crippen LogP contribution in [0.2, 0.25) is 0 Å². The third kappa shape index (κ3) is 2.48. The number of para-hydroxylation sites is 2. The third-order valence-corrected chi connectivity index (χ3v) is 3.44. The van der Waals surface area contributed by atoms with E-state index in [1.54, 1.807) is 0 Å². The Morgan fingerprint density at radius 1 is 1.42 bits per heavy atom. The van der Waals surface area contributed by atoms with Gasteiger partial charge in [0, 0.05) is 12.0 Å². The minimum absolute atomic E-state index is 0.0903. The Morgan fingerprint density at radius 3 is 2.84 bits per heavy atom. The van der Waals surface area contributed by atoms with Gasteiger partial charge in [-0.15, -0.1) is 0 Å². The van der Waals surface area contributed by atoms with Crippen LogP contribution in [-0.2, 0) is 11.3 Å². The molecule has 1 aromatic heterocycles. The molecule has 4 nitrogen and oxygen atoms in total. The average molecular weight is 257 g/mol. The lowest BCUT2D eigenvalue weighted by Gasteiger charge is -2.11. The van der Waals surface area contributed by atoms with Crippen molar-refractivity contribution >= 4 is 16.9 Å². The summed E-state index contributed by atoms with van der Waals surface area (Å²) in [6.07, 6.45) is 2.24. The zero-order valence-electron chi connectivity index (χ0n) is 11.4. The molecule has 2 aromatic rings. The second kappa shape index (κ2) is 4.68. The van der Waals surface area contributed by atoms with Gasteiger partial charge >= 0.3 is 0 Å². The van der Waals surface area contributed by atoms with Crippen LogP contribution in [0.15, 0.2) is 24.3 Å². The molecule has 19 heavy (non-hydrogen) atoms. The molecule has 0 bridgehead atoms. The second-order valence-electron chi connectivity index (χ2n) is 5.54. The smallest absolute Gasteiger partial charge is 0.240 e. The van der Waals surface area contributed by atoms with E-state index in [1.807, 2.05) is 28.8 Å². The van der Waals surface area contributed by atoms with Crippen molar-refractivity contribution in [3.63, 3.8) is 0 Å². The molecule has 1 saturated carbocycles. The fourth-order valence-electron chi connectivity index (χ4n) is 2.35. The Labute approximate surface area is 112 Å². The number of hydrogen-bond acceptors (Lipinski definition) is 2. The van der Waals surface area contributed by atoms with Crippen LogP contribution in [0.5, 0.6) is 0 Å². The van der Waals surface area contributed by atoms with Crippen molar-refractivity contribution in [2.45, 2.75) is 45.2 Å². The molecule has 0 unspecified atom stereocenters. The Balaban J connectivity index is 1.94. The number of rotatable bonds is 4. The number of benzene rings is 1. The number of imidazole rings is 1. The van der Waals surface area contributed by atoms with E-state index in [2.05, 4.69) is 24.1 Å². The van der Waals surface area contributed by atoms with Gasteiger partial charge in [-0.1, -0.05) is 26.0 Å². The predicted molar refractivity (Wildman–Crippen MR) is 75.0 cm³/mol. The van der Waals surface area contributed by atoms with Crippen LogP contribution in [0, 0.1) is 0 Å². The van der Waals surface area contributed by atoms with E-state index in [4.69, 9.17) is 0 Å². The highest BCUT2D eigenvalue weighted by Crippen LogP contribution is 2.22. The molecule has 0 spiro atoms. The molecule has 1 N–H and O–H groups in total. The number of carbonyl (C=O) groups excluding carboxylic acids is 1. The van der Waals surface area contributed by atoms with E-state index < -0.39 is 0 Å². The zero-order valence-corrected chi connectivity index (χ0v) is 11.4. The average Bonchev–Trinajstić information content (AvgIpc) is 3.10. The summed E-state index contributed by atoms with van der Waals surface area (Å²) in [7, 11) is 0. The van der Waals surface area contributed by atoms with Crippen LogP contribution in [0.25, 0.3) is 11.0 Å². The summed E-state index contributed by atoms with van der Waals surface area (Å²) in [5, 5.41) is 3.04. The lowest BCUT2D eigenvalue weighted by atomic mass is 10.2. The lowest BCUT2D eigenvalue weighted by Crippen LogP contribution is -2.30. The summed E-state index contributed by atoms with van der Waals surface area (Å²) in [4.78, 5) is 16.7. The van der Waals surface area contributed by atoms with Crippen LogP contribution in [0.3, 0.4) is 0 Å². The Kier molecular flexibility index (Phi) is 3.01. The number of hydrogen-bond donors (Lipinski definition) is 1. The van der Waals surface area contributed by atoms with Crippen molar-refractivity contribution in [3.8, 4) is 0 Å². The quantitative estimate of drug-likeness (QED) is 0.914. The second-order valence-corrected chi connectivity index (χ2v) is 5.54. The van der Waals surface area contributed by atoms with Gasteiger partial charge in [-0.25, -0.2) is 4.98 Å². The van der Waals surface area contributed by atoms with Crippen molar-refractivity contribution in [1.82, 2.24) is 14.9 Å². The molecular weight excluding hydrogens is 238 g/mol. The van der Waals surface area contributed by atoms with Gasteiger partial charge in [0.15, 0.2) is 0 Å². The zero-order chi connectivity index (χ0) is 13.4. The standard InChI is InChI=1S/C15H19N3O/c1-10(2)15-17-12-5-3-4-6-13(12)18(15)9-14(19)16-11-7-8-11/h3-6,10-11H,7-9H2,1-2H3,(H,16,19). The lowest BCUT2D eigenvalue weighted by molar-refractivity contribution is -0.121. The summed E-state index contributed by atoms with van der Waals surface area (Å²) < 4.78 is 2.04. The number of carbonyl (C=O) groups is 1. The number of nitrogens with one attached hydrogen (secondary N) is 1. The van der Waals surface area contributed by atoms with E-state index in [0.29, 0.717) is 18.5 Å². The molecule has 1 aliphatic rings. The summed E-state index contributed by atoms with van der Waals surface area (Å²) >= 11 is 0. The van der Waals surface area contributed by atoms with Crippen LogP contribution >= 0.6 is 0 Å². The van der Waals surface area contributed by atoms with Crippen molar-refractivity contribution in [2.75, 3.05) is 0 Å². The minimum atomic E-state index is 0.0903. The predicted octanol–water partition coefficient (Wildman–Crippen LogP) is 2.44. The van der Waals surface area contributed by atoms with Crippen LogP contribution < -0.4 is 5.32 Å². The van der Waals surface area contributed by atoms with Gasteiger partial charge < -0.3 is 9.88 Å². The molecule has 1 fully saturated rings. The van der Waals surface area contributed by atoms with Crippen molar-refractivity contribution in [3.05, 3.63) is 30.1 Å². The van der Waals surface area contributed by atoms with E-state index in [9.17, 15) is 4.79 Å². The molecular formula is C15H19N3O. The summed E-state index contributed by atoms with van der Waals surface area (Å²) in [6.45, 7) is 4.58. The molecule has 1 aromatic carbocycles. The largest absolute Gasteiger partial charge is 0.352 e. The maximum atomic E-state index is 12.0. The highest BCUT2D eigenvalue weighted by atomic mass is 16.2. The van der Waals surface area contributed by atoms with E-state index in [-0.39, 0.29) is 5.91 Å². The molecule has 0 aliphatic heterocycles. The van der Waals surface area contributed by atoms with Gasteiger partial charge in [-0.2, -0.15) is 0 Å². The number of fused-ring (bicyclic) bond motifs is 1. The summed E-state index contributed by atoms with van der Waals surface area (Å²) in [5.74, 6) is 1.38. The molecule has 1 aliphatic carbocycles. The van der Waals surface area contributed by atoms with E-state index in [0.717, 1.165) is 29.7 Å². The molecule has 3 rings (SSSR count). The fourth-order valence-corrected chi connectivity index (χ4v) is 2.35. The topological polar surface area (TPSA) is 46.9 Å². The van der Waals surface area contributed by atoms with Gasteiger partial charge in [-0.3, -0.25) is 4.79 Å². The Bertz CT molecular complexity index is 611. The molecule has 0 saturated heterocycles. The van der Waals surface area contributed by atoms with Gasteiger partial charge in [0.2, 0.25) is 5.91 Å². The van der Waals surface area contributed by atoms with Crippen LogP contribution in [0.4, 0.5) is 0 Å². The highest BCUT2D eigenvalue weighted by Gasteiger charge is 2.24. The first-order valence-corrected chi connectivity index (χ1v) is 6.89. The first-order valence-electron chi connectivity index (χ1n) is 6.89. The molecule has 0 radical (unpaired) electrons. The highest BCUT2D eigenvalue weighted by molar-refractivity contribution is 5.81. The first-order chi connectivity index (χ1) is 9.15. The van der Waals surface area contributed by atoms with E-state index in [1.165, 1.54) is 0 Å². The molecule has 100 valence electrons. The van der Waals surface area contributed by atoms with E-state index >= 15 is 0 Å². The van der Waals surface area contributed by atoms with Gasteiger partial charge in [0.25, 0.3) is 0 Å². The van der Waals surface area contributed by atoms with Crippen LogP contribution in [-0.4, -0.2) is 21.5 Å². The van der Waals surface area contributed by atoms with Gasteiger partial charge in [0.1, 0.15) is 12.4 Å². The summed E-state index contributed by atoms with van der Waals surface area (Å²) in [6, 6.07) is 8.40. The fraction of sp³-hybridized carbons (Fsp3) is 0.467. The molecule has 1 heterocycles. The van der Waals surface area contributed by atoms with Crippen LogP contribution in [0.1, 0.15) is 38.4 Å². The first kappa shape index (κ1) is 12.2. The van der Waals surface area contributed by atoms with Crippen molar-refractivity contribution < 1.29 is 4.79 Å². The number of nitrogens with zero attached hydrogens (tertiary/aromatic N) is 2. The maximum Gasteiger partial charge on any atom is 0.240 e. The maximum absolute atomic E-state index is 12.0. The Morgan fingerprint density at radius 2 is 2.16 bits per heavy atom. The van der Waals surface area contributed by atoms with Gasteiger partial charge in [-0.05, 0) is 25.0 Å². The van der Waals surface area contributed by atoms with Crippen molar-refractivity contribution in [1.29, 1.82) is 0 Å². The normalized spacial score (nSPS) is 15.1. The summed E-state index contributed by atoms with van der Waals surface area (Å²) in [5.41, 5.74) is 2.00. The van der Waals surface area contributed by atoms with Gasteiger partial charge in [0.05, 0.1) is 11.0 Å². The minimum Gasteiger partial charge on any atom is -0.352 e. The number of aromatic nitrogens is 2. The monoisotopic (exact) mass is 257 g/mol. The number of amides is 1. The SMILES string of the molecule is CC(C)c1nc2ccccc2n1CC(=O)NC1CC1.